The molecule has 1 aliphatic heterocycles. The highest BCUT2D eigenvalue weighted by Crippen LogP contribution is 2.25. The number of nitrogens with zero attached hydrogens (tertiary/aromatic N) is 1. The Morgan fingerprint density at radius 2 is 2.29 bits per heavy atom. The van der Waals surface area contributed by atoms with Crippen molar-refractivity contribution in [2.45, 2.75) is 44.7 Å². The molecule has 2 N–H and O–H groups in total. The van der Waals surface area contributed by atoms with E-state index in [-0.39, 0.29) is 12.1 Å². The van der Waals surface area contributed by atoms with Crippen LogP contribution in [0.15, 0.2) is 17.5 Å². The smallest absolute Gasteiger partial charge is 0.280 e. The largest absolute Gasteiger partial charge is 0.318 e. The quantitative estimate of drug-likeness (QED) is 0.804. The Labute approximate surface area is 131 Å². The molecule has 2 unspecified atom stereocenters. The first-order chi connectivity index (χ1) is 10.1. The summed E-state index contributed by atoms with van der Waals surface area (Å²) in [5.41, 5.74) is 0. The summed E-state index contributed by atoms with van der Waals surface area (Å²) in [6.45, 7) is 3.33. The van der Waals surface area contributed by atoms with E-state index >= 15 is 0 Å². The van der Waals surface area contributed by atoms with Crippen LogP contribution in [0.5, 0.6) is 0 Å². The molecule has 1 aliphatic rings. The molecule has 0 aromatic carbocycles. The molecule has 5 nitrogen and oxygen atoms in total. The first-order valence-electron chi connectivity index (χ1n) is 7.55. The van der Waals surface area contributed by atoms with Crippen LogP contribution in [0.4, 0.5) is 0 Å². The fourth-order valence-corrected chi connectivity index (χ4v) is 5.48. The van der Waals surface area contributed by atoms with Crippen LogP contribution >= 0.6 is 11.3 Å². The van der Waals surface area contributed by atoms with Crippen LogP contribution in [0.2, 0.25) is 0 Å². The van der Waals surface area contributed by atoms with Gasteiger partial charge in [-0.1, -0.05) is 19.4 Å². The number of nitrogens with one attached hydrogen (secondary N) is 2. The second-order valence-corrected chi connectivity index (χ2v) is 8.05. The first kappa shape index (κ1) is 16.9. The zero-order chi connectivity index (χ0) is 15.3. The topological polar surface area (TPSA) is 61.4 Å². The van der Waals surface area contributed by atoms with Gasteiger partial charge in [-0.05, 0) is 37.8 Å². The highest BCUT2D eigenvalue weighted by Gasteiger charge is 2.33. The van der Waals surface area contributed by atoms with Gasteiger partial charge >= 0.3 is 0 Å². The van der Waals surface area contributed by atoms with E-state index in [4.69, 9.17) is 0 Å². The number of hydrogen-bond donors (Lipinski definition) is 2. The second-order valence-electron chi connectivity index (χ2n) is 5.42. The number of rotatable bonds is 7. The minimum absolute atomic E-state index is 0.0575. The van der Waals surface area contributed by atoms with Gasteiger partial charge in [0.15, 0.2) is 0 Å². The summed E-state index contributed by atoms with van der Waals surface area (Å²) in [5, 5.41) is 5.09. The third kappa shape index (κ3) is 4.26. The molecule has 0 aliphatic carbocycles. The molecule has 2 heterocycles. The van der Waals surface area contributed by atoms with Gasteiger partial charge in [0, 0.05) is 24.0 Å². The average molecular weight is 332 g/mol. The van der Waals surface area contributed by atoms with Crippen LogP contribution in [0, 0.1) is 0 Å². The number of piperidine rings is 1. The van der Waals surface area contributed by atoms with E-state index in [0.717, 1.165) is 30.6 Å². The molecule has 0 amide bonds. The van der Waals surface area contributed by atoms with E-state index in [1.54, 1.807) is 15.6 Å². The maximum atomic E-state index is 12.7. The molecule has 2 atom stereocenters. The maximum absolute atomic E-state index is 12.7. The normalized spacial score (nSPS) is 22.3. The Bertz CT molecular complexity index is 514. The molecule has 1 saturated heterocycles. The molecule has 0 bridgehead atoms. The summed E-state index contributed by atoms with van der Waals surface area (Å²) in [7, 11) is -1.57. The lowest BCUT2D eigenvalue weighted by atomic mass is 10.1. The van der Waals surface area contributed by atoms with Crippen LogP contribution in [0.1, 0.15) is 43.5 Å². The second kappa shape index (κ2) is 7.69. The molecular weight excluding hydrogens is 306 g/mol. The van der Waals surface area contributed by atoms with Crippen molar-refractivity contribution in [1.82, 2.24) is 14.3 Å². The standard InChI is InChI=1S/C14H25N3O2S2/c1-3-13(14-8-6-10-20-14)16-21(18,19)17-9-5-4-7-12(17)11-15-2/h6,8,10,12-13,15-16H,3-5,7,9,11H2,1-2H3. The molecule has 7 heteroatoms. The van der Waals surface area contributed by atoms with Crippen molar-refractivity contribution in [2.24, 2.45) is 0 Å². The van der Waals surface area contributed by atoms with Crippen molar-refractivity contribution in [1.29, 1.82) is 0 Å². The van der Waals surface area contributed by atoms with Crippen LogP contribution in [0.25, 0.3) is 0 Å². The lowest BCUT2D eigenvalue weighted by molar-refractivity contribution is 0.244. The van der Waals surface area contributed by atoms with Crippen molar-refractivity contribution >= 4 is 21.5 Å². The predicted molar refractivity (Wildman–Crippen MR) is 87.7 cm³/mol. The van der Waals surface area contributed by atoms with Gasteiger partial charge in [0.2, 0.25) is 0 Å². The SMILES string of the molecule is CCC(NS(=O)(=O)N1CCCCC1CNC)c1cccs1. The zero-order valence-electron chi connectivity index (χ0n) is 12.7. The van der Waals surface area contributed by atoms with E-state index in [0.29, 0.717) is 13.1 Å². The van der Waals surface area contributed by atoms with Crippen molar-refractivity contribution < 1.29 is 8.42 Å². The Morgan fingerprint density at radius 3 is 2.90 bits per heavy atom. The lowest BCUT2D eigenvalue weighted by Gasteiger charge is -2.35. The number of hydrogen-bond acceptors (Lipinski definition) is 4. The van der Waals surface area contributed by atoms with Crippen molar-refractivity contribution in [3.05, 3.63) is 22.4 Å². The fraction of sp³-hybridized carbons (Fsp3) is 0.714. The van der Waals surface area contributed by atoms with E-state index in [1.807, 2.05) is 31.5 Å². The molecule has 0 saturated carbocycles. The van der Waals surface area contributed by atoms with Crippen LogP contribution in [0.3, 0.4) is 0 Å². The molecule has 2 rings (SSSR count). The molecule has 0 radical (unpaired) electrons. The average Bonchev–Trinajstić information content (AvgIpc) is 3.00. The molecule has 1 fully saturated rings. The monoisotopic (exact) mass is 331 g/mol. The number of thiophene rings is 1. The van der Waals surface area contributed by atoms with Gasteiger partial charge in [0.1, 0.15) is 0 Å². The Hall–Kier alpha value is -0.470. The van der Waals surface area contributed by atoms with Crippen molar-refractivity contribution in [3.8, 4) is 0 Å². The third-order valence-electron chi connectivity index (χ3n) is 3.91. The molecule has 0 spiro atoms. The molecule has 120 valence electrons. The summed E-state index contributed by atoms with van der Waals surface area (Å²) in [6, 6.07) is 3.87. The van der Waals surface area contributed by atoms with Gasteiger partial charge in [-0.25, -0.2) is 0 Å². The first-order valence-corrected chi connectivity index (χ1v) is 9.87. The van der Waals surface area contributed by atoms with E-state index in [1.165, 1.54) is 0 Å². The lowest BCUT2D eigenvalue weighted by Crippen LogP contribution is -2.52. The van der Waals surface area contributed by atoms with Crippen LogP contribution in [-0.4, -0.2) is 38.9 Å². The minimum Gasteiger partial charge on any atom is -0.318 e. The summed E-state index contributed by atoms with van der Waals surface area (Å²) in [5.74, 6) is 0. The summed E-state index contributed by atoms with van der Waals surface area (Å²) >= 11 is 1.60. The van der Waals surface area contributed by atoms with Gasteiger partial charge < -0.3 is 5.32 Å². The fourth-order valence-electron chi connectivity index (χ4n) is 2.81. The van der Waals surface area contributed by atoms with E-state index < -0.39 is 10.2 Å². The minimum atomic E-state index is -3.44. The van der Waals surface area contributed by atoms with Crippen molar-refractivity contribution in [3.63, 3.8) is 0 Å². The third-order valence-corrected chi connectivity index (χ3v) is 6.57. The Balaban J connectivity index is 2.12. The summed E-state index contributed by atoms with van der Waals surface area (Å²) < 4.78 is 30.0. The summed E-state index contributed by atoms with van der Waals surface area (Å²) in [4.78, 5) is 1.07. The maximum Gasteiger partial charge on any atom is 0.280 e. The molecule has 21 heavy (non-hydrogen) atoms. The molecule has 1 aromatic rings. The van der Waals surface area contributed by atoms with Crippen LogP contribution in [-0.2, 0) is 10.2 Å². The molecule has 1 aromatic heterocycles. The highest BCUT2D eigenvalue weighted by atomic mass is 32.2. The molecular formula is C14H25N3O2S2. The van der Waals surface area contributed by atoms with Crippen LogP contribution < -0.4 is 10.0 Å². The van der Waals surface area contributed by atoms with Gasteiger partial charge in [-0.3, -0.25) is 0 Å². The number of likely N-dealkylation sites (N-methyl/N-ethyl adjacent to an activating group) is 1. The van der Waals surface area contributed by atoms with Gasteiger partial charge in [-0.15, -0.1) is 11.3 Å². The van der Waals surface area contributed by atoms with E-state index in [9.17, 15) is 8.42 Å². The van der Waals surface area contributed by atoms with E-state index in [2.05, 4.69) is 10.0 Å². The van der Waals surface area contributed by atoms with Crippen molar-refractivity contribution in [2.75, 3.05) is 20.1 Å². The van der Waals surface area contributed by atoms with Gasteiger partial charge in [0.05, 0.1) is 6.04 Å². The van der Waals surface area contributed by atoms with Gasteiger partial charge in [0.25, 0.3) is 10.2 Å². The Kier molecular flexibility index (Phi) is 6.19. The summed E-state index contributed by atoms with van der Waals surface area (Å²) in [6.07, 6.45) is 3.72. The zero-order valence-corrected chi connectivity index (χ0v) is 14.3. The van der Waals surface area contributed by atoms with Gasteiger partial charge in [-0.2, -0.15) is 17.4 Å². The Morgan fingerprint density at radius 1 is 1.48 bits per heavy atom. The highest BCUT2D eigenvalue weighted by molar-refractivity contribution is 7.87. The predicted octanol–water partition coefficient (Wildman–Crippen LogP) is 2.11.